The van der Waals surface area contributed by atoms with Crippen LogP contribution in [0.25, 0.3) is 0 Å². The standard InChI is InChI=1S/C18H22N4O3S/c23-17(22-4-3-14-13(10-22)11-25-20-14)12-1-2-16-15(9-12)19-18(26-16)21-5-7-24-8-6-21/h11-12H,1-10H2. The van der Waals surface area contributed by atoms with Crippen molar-refractivity contribution in [3.05, 3.63) is 28.1 Å². The molecule has 0 saturated carbocycles. The Morgan fingerprint density at radius 3 is 2.96 bits per heavy atom. The van der Waals surface area contributed by atoms with Crippen LogP contribution < -0.4 is 4.90 Å². The normalized spacial score (nSPS) is 22.8. The molecule has 1 unspecified atom stereocenters. The van der Waals surface area contributed by atoms with Gasteiger partial charge in [0, 0.05) is 48.8 Å². The van der Waals surface area contributed by atoms with Crippen LogP contribution in [0.15, 0.2) is 10.8 Å². The second kappa shape index (κ2) is 6.66. The number of anilines is 1. The molecule has 2 aromatic heterocycles. The first-order valence-corrected chi connectivity index (χ1v) is 10.1. The molecule has 7 nitrogen and oxygen atoms in total. The smallest absolute Gasteiger partial charge is 0.226 e. The summed E-state index contributed by atoms with van der Waals surface area (Å²) in [5.74, 6) is 0.298. The highest BCUT2D eigenvalue weighted by molar-refractivity contribution is 7.15. The van der Waals surface area contributed by atoms with Gasteiger partial charge < -0.3 is 19.1 Å². The molecule has 1 fully saturated rings. The van der Waals surface area contributed by atoms with E-state index in [-0.39, 0.29) is 11.8 Å². The number of carbonyl (C=O) groups is 1. The third-order valence-corrected chi connectivity index (χ3v) is 6.80. The highest BCUT2D eigenvalue weighted by Gasteiger charge is 2.33. The number of amides is 1. The van der Waals surface area contributed by atoms with Crippen molar-refractivity contribution in [1.29, 1.82) is 0 Å². The monoisotopic (exact) mass is 374 g/mol. The van der Waals surface area contributed by atoms with E-state index in [1.807, 2.05) is 4.90 Å². The summed E-state index contributed by atoms with van der Waals surface area (Å²) >= 11 is 1.80. The van der Waals surface area contributed by atoms with Crippen LogP contribution in [-0.2, 0) is 35.3 Å². The zero-order valence-electron chi connectivity index (χ0n) is 14.6. The number of thiazole rings is 1. The van der Waals surface area contributed by atoms with Crippen LogP contribution in [0.1, 0.15) is 28.2 Å². The molecule has 138 valence electrons. The van der Waals surface area contributed by atoms with Gasteiger partial charge in [0.25, 0.3) is 0 Å². The van der Waals surface area contributed by atoms with Gasteiger partial charge in [0.1, 0.15) is 6.26 Å². The van der Waals surface area contributed by atoms with E-state index in [9.17, 15) is 4.79 Å². The number of aromatic nitrogens is 2. The summed E-state index contributed by atoms with van der Waals surface area (Å²) in [6.45, 7) is 4.71. The summed E-state index contributed by atoms with van der Waals surface area (Å²) in [4.78, 5) is 23.5. The first-order valence-electron chi connectivity index (χ1n) is 9.30. The van der Waals surface area contributed by atoms with E-state index < -0.39 is 0 Å². The number of fused-ring (bicyclic) bond motifs is 2. The van der Waals surface area contributed by atoms with Crippen LogP contribution in [-0.4, -0.2) is 53.8 Å². The van der Waals surface area contributed by atoms with Crippen LogP contribution in [0.2, 0.25) is 0 Å². The molecule has 5 rings (SSSR count). The van der Waals surface area contributed by atoms with Crippen molar-refractivity contribution in [3.63, 3.8) is 0 Å². The molecule has 1 amide bonds. The molecule has 8 heteroatoms. The zero-order valence-corrected chi connectivity index (χ0v) is 15.5. The Morgan fingerprint density at radius 2 is 2.08 bits per heavy atom. The highest BCUT2D eigenvalue weighted by atomic mass is 32.1. The molecule has 2 aliphatic heterocycles. The summed E-state index contributed by atoms with van der Waals surface area (Å²) in [7, 11) is 0. The molecule has 26 heavy (non-hydrogen) atoms. The molecule has 0 aromatic carbocycles. The summed E-state index contributed by atoms with van der Waals surface area (Å²) in [6.07, 6.45) is 5.10. The van der Waals surface area contributed by atoms with Gasteiger partial charge in [0.15, 0.2) is 5.13 Å². The van der Waals surface area contributed by atoms with E-state index >= 15 is 0 Å². The van der Waals surface area contributed by atoms with Gasteiger partial charge in [-0.15, -0.1) is 11.3 Å². The highest BCUT2D eigenvalue weighted by Crippen LogP contribution is 2.35. The van der Waals surface area contributed by atoms with Gasteiger partial charge in [0.2, 0.25) is 5.91 Å². The second-order valence-electron chi connectivity index (χ2n) is 7.20. The zero-order chi connectivity index (χ0) is 17.5. The van der Waals surface area contributed by atoms with Crippen molar-refractivity contribution in [3.8, 4) is 0 Å². The van der Waals surface area contributed by atoms with Gasteiger partial charge in [-0.3, -0.25) is 4.79 Å². The molecule has 0 N–H and O–H groups in total. The molecular formula is C18H22N4O3S. The predicted octanol–water partition coefficient (Wildman–Crippen LogP) is 1.66. The van der Waals surface area contributed by atoms with Gasteiger partial charge in [0.05, 0.1) is 31.1 Å². The van der Waals surface area contributed by atoms with E-state index in [1.165, 1.54) is 4.88 Å². The Labute approximate surface area is 155 Å². The van der Waals surface area contributed by atoms with Crippen LogP contribution >= 0.6 is 11.3 Å². The minimum atomic E-state index is 0.0450. The summed E-state index contributed by atoms with van der Waals surface area (Å²) in [5, 5.41) is 5.10. The molecule has 0 spiro atoms. The molecule has 0 bridgehead atoms. The summed E-state index contributed by atoms with van der Waals surface area (Å²) < 4.78 is 10.5. The van der Waals surface area contributed by atoms with Crippen molar-refractivity contribution in [2.75, 3.05) is 37.7 Å². The molecule has 1 aliphatic carbocycles. The Hall–Kier alpha value is -1.93. The fourth-order valence-corrected chi connectivity index (χ4v) is 5.21. The van der Waals surface area contributed by atoms with Gasteiger partial charge in [-0.05, 0) is 12.8 Å². The molecule has 4 heterocycles. The lowest BCUT2D eigenvalue weighted by molar-refractivity contribution is -0.136. The van der Waals surface area contributed by atoms with E-state index in [2.05, 4.69) is 10.1 Å². The van der Waals surface area contributed by atoms with E-state index in [4.69, 9.17) is 14.2 Å². The molecule has 0 radical (unpaired) electrons. The van der Waals surface area contributed by atoms with Crippen molar-refractivity contribution in [1.82, 2.24) is 15.0 Å². The maximum atomic E-state index is 13.0. The minimum Gasteiger partial charge on any atom is -0.378 e. The van der Waals surface area contributed by atoms with Crippen molar-refractivity contribution in [2.45, 2.75) is 32.2 Å². The number of ether oxygens (including phenoxy) is 1. The Bertz CT molecular complexity index is 811. The molecule has 1 saturated heterocycles. The SMILES string of the molecule is O=C(C1CCc2sc(N3CCOCC3)nc2C1)N1CCc2nocc2C1. The summed E-state index contributed by atoms with van der Waals surface area (Å²) in [5.41, 5.74) is 3.17. The molecule has 1 atom stereocenters. The number of carbonyl (C=O) groups excluding carboxylic acids is 1. The van der Waals surface area contributed by atoms with E-state index in [0.29, 0.717) is 6.54 Å². The number of nitrogens with zero attached hydrogens (tertiary/aromatic N) is 4. The fourth-order valence-electron chi connectivity index (χ4n) is 4.05. The van der Waals surface area contributed by atoms with Gasteiger partial charge in [-0.2, -0.15) is 0 Å². The average molecular weight is 374 g/mol. The average Bonchev–Trinajstić information content (AvgIpc) is 3.33. The lowest BCUT2D eigenvalue weighted by Gasteiger charge is -2.31. The third kappa shape index (κ3) is 2.91. The molecule has 3 aliphatic rings. The van der Waals surface area contributed by atoms with Crippen LogP contribution in [0.5, 0.6) is 0 Å². The number of hydrogen-bond acceptors (Lipinski definition) is 7. The number of hydrogen-bond donors (Lipinski definition) is 0. The van der Waals surface area contributed by atoms with Crippen LogP contribution in [0.4, 0.5) is 5.13 Å². The van der Waals surface area contributed by atoms with E-state index in [1.54, 1.807) is 17.6 Å². The maximum Gasteiger partial charge on any atom is 0.226 e. The number of aryl methyl sites for hydroxylation is 1. The van der Waals surface area contributed by atoms with Crippen molar-refractivity contribution in [2.24, 2.45) is 5.92 Å². The number of morpholine rings is 1. The lowest BCUT2D eigenvalue weighted by Crippen LogP contribution is -2.41. The Morgan fingerprint density at radius 1 is 1.19 bits per heavy atom. The summed E-state index contributed by atoms with van der Waals surface area (Å²) in [6, 6.07) is 0. The fraction of sp³-hybridized carbons (Fsp3) is 0.611. The predicted molar refractivity (Wildman–Crippen MR) is 96.3 cm³/mol. The third-order valence-electron chi connectivity index (χ3n) is 5.58. The Kier molecular flexibility index (Phi) is 4.17. The topological polar surface area (TPSA) is 71.7 Å². The Balaban J connectivity index is 1.28. The second-order valence-corrected chi connectivity index (χ2v) is 8.26. The quantitative estimate of drug-likeness (QED) is 0.796. The molecule has 2 aromatic rings. The van der Waals surface area contributed by atoms with Gasteiger partial charge in [-0.25, -0.2) is 4.98 Å². The minimum absolute atomic E-state index is 0.0450. The first kappa shape index (κ1) is 16.3. The van der Waals surface area contributed by atoms with E-state index in [0.717, 1.165) is 80.6 Å². The largest absolute Gasteiger partial charge is 0.378 e. The maximum absolute atomic E-state index is 13.0. The lowest BCUT2D eigenvalue weighted by atomic mass is 9.89. The van der Waals surface area contributed by atoms with Crippen molar-refractivity contribution < 1.29 is 14.1 Å². The molecular weight excluding hydrogens is 352 g/mol. The first-order chi connectivity index (χ1) is 12.8. The van der Waals surface area contributed by atoms with Crippen LogP contribution in [0, 0.1) is 5.92 Å². The van der Waals surface area contributed by atoms with Crippen molar-refractivity contribution >= 4 is 22.4 Å². The number of rotatable bonds is 2. The van der Waals surface area contributed by atoms with Gasteiger partial charge >= 0.3 is 0 Å². The van der Waals surface area contributed by atoms with Crippen LogP contribution in [0.3, 0.4) is 0 Å². The van der Waals surface area contributed by atoms with Gasteiger partial charge in [-0.1, -0.05) is 5.16 Å².